The Balaban J connectivity index is 2.54. The highest BCUT2D eigenvalue weighted by Crippen LogP contribution is 2.27. The fourth-order valence-electron chi connectivity index (χ4n) is 1.66. The number of rotatable bonds is 7. The zero-order chi connectivity index (χ0) is 15.9. The fourth-order valence-corrected chi connectivity index (χ4v) is 2.17. The predicted octanol–water partition coefficient (Wildman–Crippen LogP) is 4.26. The molecule has 4 nitrogen and oxygen atoms in total. The monoisotopic (exact) mass is 351 g/mol. The maximum absolute atomic E-state index is 10.5. The first-order valence-corrected chi connectivity index (χ1v) is 7.38. The molecule has 0 aliphatic carbocycles. The number of carboxylic acids is 1. The van der Waals surface area contributed by atoms with E-state index in [1.807, 2.05) is 13.8 Å². The molecular weight excluding hydrogens is 334 g/mol. The zero-order valence-electron chi connectivity index (χ0n) is 12.1. The molecule has 1 rings (SSSR count). The third-order valence-corrected chi connectivity index (χ3v) is 3.50. The first kappa shape index (κ1) is 17.3. The number of aliphatic carboxylic acids is 1. The normalized spacial score (nSPS) is 11.3. The van der Waals surface area contributed by atoms with Gasteiger partial charge >= 0.3 is 5.97 Å². The topological polar surface area (TPSA) is 70.3 Å². The van der Waals surface area contributed by atoms with Gasteiger partial charge < -0.3 is 9.84 Å². The van der Waals surface area contributed by atoms with E-state index < -0.39 is 5.97 Å². The number of carbonyl (C=O) groups is 1. The molecule has 0 aromatic heterocycles. The molecule has 0 aliphatic rings. The van der Waals surface area contributed by atoms with Gasteiger partial charge in [0.2, 0.25) is 0 Å². The second kappa shape index (κ2) is 7.84. The van der Waals surface area contributed by atoms with E-state index in [1.54, 1.807) is 18.2 Å². The van der Waals surface area contributed by atoms with Crippen LogP contribution in [0.5, 0.6) is 5.75 Å². The molecular formula is C16H18BrNO3. The molecule has 0 aliphatic heterocycles. The SMILES string of the molecule is CC(C)(C#N)CCCOc1ccc(C=CC(=O)O)cc1Br. The van der Waals surface area contributed by atoms with Crippen LogP contribution in [0.1, 0.15) is 32.3 Å². The fraction of sp³-hybridized carbons (Fsp3) is 0.375. The molecule has 1 aromatic rings. The second-order valence-electron chi connectivity index (χ2n) is 5.31. The third-order valence-electron chi connectivity index (χ3n) is 2.88. The van der Waals surface area contributed by atoms with E-state index >= 15 is 0 Å². The van der Waals surface area contributed by atoms with E-state index in [4.69, 9.17) is 15.1 Å². The van der Waals surface area contributed by atoms with Crippen molar-refractivity contribution in [3.8, 4) is 11.8 Å². The molecule has 1 N–H and O–H groups in total. The Morgan fingerprint density at radius 1 is 1.52 bits per heavy atom. The van der Waals surface area contributed by atoms with Gasteiger partial charge in [-0.25, -0.2) is 4.79 Å². The molecule has 0 saturated heterocycles. The van der Waals surface area contributed by atoms with Crippen LogP contribution in [0.25, 0.3) is 6.08 Å². The van der Waals surface area contributed by atoms with Crippen LogP contribution >= 0.6 is 15.9 Å². The summed E-state index contributed by atoms with van der Waals surface area (Å²) in [7, 11) is 0. The molecule has 1 aromatic carbocycles. The zero-order valence-corrected chi connectivity index (χ0v) is 13.7. The van der Waals surface area contributed by atoms with Crippen molar-refractivity contribution in [1.82, 2.24) is 0 Å². The van der Waals surface area contributed by atoms with Crippen molar-refractivity contribution in [2.45, 2.75) is 26.7 Å². The number of carboxylic acid groups (broad SMARTS) is 1. The second-order valence-corrected chi connectivity index (χ2v) is 6.16. The van der Waals surface area contributed by atoms with Crippen LogP contribution in [0.3, 0.4) is 0 Å². The molecule has 0 fully saturated rings. The lowest BCUT2D eigenvalue weighted by Crippen LogP contribution is -2.10. The van der Waals surface area contributed by atoms with Gasteiger partial charge in [-0.3, -0.25) is 0 Å². The molecule has 0 spiro atoms. The maximum atomic E-state index is 10.5. The average molecular weight is 352 g/mol. The van der Waals surface area contributed by atoms with E-state index in [9.17, 15) is 4.79 Å². The van der Waals surface area contributed by atoms with Crippen molar-refractivity contribution in [2.24, 2.45) is 5.41 Å². The van der Waals surface area contributed by atoms with Gasteiger partial charge in [-0.2, -0.15) is 5.26 Å². The van der Waals surface area contributed by atoms with Gasteiger partial charge in [0.05, 0.1) is 22.6 Å². The van der Waals surface area contributed by atoms with Crippen molar-refractivity contribution in [3.63, 3.8) is 0 Å². The van der Waals surface area contributed by atoms with Crippen molar-refractivity contribution in [2.75, 3.05) is 6.61 Å². The van der Waals surface area contributed by atoms with Gasteiger partial charge in [0.25, 0.3) is 0 Å². The van der Waals surface area contributed by atoms with E-state index in [0.717, 1.165) is 29.0 Å². The van der Waals surface area contributed by atoms with E-state index in [-0.39, 0.29) is 5.41 Å². The first-order valence-electron chi connectivity index (χ1n) is 6.59. The third kappa shape index (κ3) is 6.46. The van der Waals surface area contributed by atoms with Crippen LogP contribution in [0.15, 0.2) is 28.7 Å². The smallest absolute Gasteiger partial charge is 0.328 e. The minimum absolute atomic E-state index is 0.327. The molecule has 0 atom stereocenters. The minimum atomic E-state index is -0.980. The Bertz CT molecular complexity index is 573. The van der Waals surface area contributed by atoms with Crippen LogP contribution in [0.4, 0.5) is 0 Å². The lowest BCUT2D eigenvalue weighted by molar-refractivity contribution is -0.131. The number of nitrogens with zero attached hydrogens (tertiary/aromatic N) is 1. The van der Waals surface area contributed by atoms with Crippen LogP contribution in [-0.2, 0) is 4.79 Å². The van der Waals surface area contributed by atoms with E-state index in [1.165, 1.54) is 6.08 Å². The standard InChI is InChI=1S/C16H18BrNO3/c1-16(2,11-18)8-3-9-21-14-6-4-12(10-13(14)17)5-7-15(19)20/h4-7,10H,3,8-9H2,1-2H3,(H,19,20). The van der Waals surface area contributed by atoms with Crippen molar-refractivity contribution in [1.29, 1.82) is 5.26 Å². The molecule has 0 bridgehead atoms. The van der Waals surface area contributed by atoms with E-state index in [0.29, 0.717) is 12.4 Å². The maximum Gasteiger partial charge on any atom is 0.328 e. The Kier molecular flexibility index (Phi) is 6.44. The number of halogens is 1. The highest BCUT2D eigenvalue weighted by molar-refractivity contribution is 9.10. The summed E-state index contributed by atoms with van der Waals surface area (Å²) in [5.41, 5.74) is 0.453. The number of nitriles is 1. The predicted molar refractivity (Wildman–Crippen MR) is 84.9 cm³/mol. The summed E-state index contributed by atoms with van der Waals surface area (Å²) in [6, 6.07) is 7.64. The molecule has 5 heteroatoms. The van der Waals surface area contributed by atoms with Gasteiger partial charge in [-0.05, 0) is 66.4 Å². The number of benzene rings is 1. The Labute approximate surface area is 133 Å². The lowest BCUT2D eigenvalue weighted by atomic mass is 9.90. The summed E-state index contributed by atoms with van der Waals surface area (Å²) in [6.45, 7) is 4.35. The van der Waals surface area contributed by atoms with Crippen LogP contribution in [-0.4, -0.2) is 17.7 Å². The molecule has 0 amide bonds. The van der Waals surface area contributed by atoms with Gasteiger partial charge in [-0.1, -0.05) is 6.07 Å². The largest absolute Gasteiger partial charge is 0.492 e. The summed E-state index contributed by atoms with van der Waals surface area (Å²) in [5, 5.41) is 17.5. The molecule has 0 saturated carbocycles. The Hall–Kier alpha value is -1.80. The quantitative estimate of drug-likeness (QED) is 0.588. The minimum Gasteiger partial charge on any atom is -0.492 e. The first-order chi connectivity index (χ1) is 9.84. The summed E-state index contributed by atoms with van der Waals surface area (Å²) < 4.78 is 6.43. The molecule has 0 heterocycles. The Morgan fingerprint density at radius 2 is 2.24 bits per heavy atom. The van der Waals surface area contributed by atoms with Gasteiger partial charge in [0, 0.05) is 6.08 Å². The molecule has 112 valence electrons. The lowest BCUT2D eigenvalue weighted by Gasteiger charge is -2.15. The van der Waals surface area contributed by atoms with Gasteiger partial charge in [0.15, 0.2) is 0 Å². The van der Waals surface area contributed by atoms with Crippen molar-refractivity contribution >= 4 is 28.0 Å². The Morgan fingerprint density at radius 3 is 2.81 bits per heavy atom. The molecule has 0 radical (unpaired) electrons. The van der Waals surface area contributed by atoms with Crippen LogP contribution in [0.2, 0.25) is 0 Å². The number of hydrogen-bond donors (Lipinski definition) is 1. The van der Waals surface area contributed by atoms with Crippen molar-refractivity contribution in [3.05, 3.63) is 34.3 Å². The highest BCUT2D eigenvalue weighted by Gasteiger charge is 2.15. The summed E-state index contributed by atoms with van der Waals surface area (Å²) in [6.07, 6.45) is 4.19. The summed E-state index contributed by atoms with van der Waals surface area (Å²) >= 11 is 3.40. The van der Waals surface area contributed by atoms with Crippen molar-refractivity contribution < 1.29 is 14.6 Å². The van der Waals surface area contributed by atoms with E-state index in [2.05, 4.69) is 22.0 Å². The average Bonchev–Trinajstić information content (AvgIpc) is 2.43. The highest BCUT2D eigenvalue weighted by atomic mass is 79.9. The number of ether oxygens (including phenoxy) is 1. The number of hydrogen-bond acceptors (Lipinski definition) is 3. The van der Waals surface area contributed by atoms with Gasteiger partial charge in [-0.15, -0.1) is 0 Å². The molecule has 21 heavy (non-hydrogen) atoms. The summed E-state index contributed by atoms with van der Waals surface area (Å²) in [5.74, 6) is -0.274. The van der Waals surface area contributed by atoms with Gasteiger partial charge in [0.1, 0.15) is 5.75 Å². The molecule has 0 unspecified atom stereocenters. The van der Waals surface area contributed by atoms with Crippen LogP contribution in [0, 0.1) is 16.7 Å². The van der Waals surface area contributed by atoms with Crippen LogP contribution < -0.4 is 4.74 Å². The summed E-state index contributed by atoms with van der Waals surface area (Å²) in [4.78, 5) is 10.5.